The standard InChI is InChI=1S/C65H90O20.C12H14N2.2F6P/c1-66-11-21-76-56-36-47-32-49-39-61(81-26-16-71-6)51(41-60(49)80-25-15-70-5)34-53-43-65(85-30-20-75-10)55(45-64(53)84-29-19-74-9)35-54-44-62(82-27-17-72-7)52(42-63(54)83-28-18-73-8)33-50-40-58(78-23-13-68-3)48(38-59(50)79-24-14-69-4)31-46(56)37-57(47)77-22-12-67-2;1-13-7-3-11(4-8-13)12-5-9-14(2)10-6-12;2*1-7(2,3,4,5)6/h36-45H,11-35H2,1-10H3;3-10H,1-2H3;;/q;+2;2*-1. The van der Waals surface area contributed by atoms with E-state index >= 15 is 0 Å². The maximum absolute atomic E-state index is 10.7. The van der Waals surface area contributed by atoms with Crippen LogP contribution in [0.4, 0.5) is 50.4 Å². The van der Waals surface area contributed by atoms with Gasteiger partial charge >= 0.3 is 66.0 Å². The molecule has 17 rings (SSSR count). The second-order valence-electron chi connectivity index (χ2n) is 25.1. The molecule has 0 aliphatic heterocycles. The van der Waals surface area contributed by atoms with Crippen LogP contribution in [0.5, 0.6) is 57.5 Å². The predicted octanol–water partition coefficient (Wildman–Crippen LogP) is 16.0. The van der Waals surface area contributed by atoms with Crippen molar-refractivity contribution >= 4 is 15.6 Å². The minimum atomic E-state index is -10.7. The van der Waals surface area contributed by atoms with E-state index in [-0.39, 0.29) is 66.1 Å². The molecule has 10 bridgehead atoms. The quantitative estimate of drug-likeness (QED) is 0.0152. The summed E-state index contributed by atoms with van der Waals surface area (Å²) in [5.41, 5.74) is 10.7. The van der Waals surface area contributed by atoms with E-state index in [9.17, 15) is 50.4 Å². The molecule has 10 aliphatic rings. The third-order valence-corrected chi connectivity index (χ3v) is 15.9. The van der Waals surface area contributed by atoms with E-state index in [1.165, 1.54) is 11.1 Å². The zero-order valence-corrected chi connectivity index (χ0v) is 67.3. The molecule has 0 unspecified atom stereocenters. The molecule has 5 aromatic carbocycles. The van der Waals surface area contributed by atoms with Crippen LogP contribution in [0.15, 0.2) is 110 Å². The van der Waals surface area contributed by atoms with E-state index in [0.29, 0.717) is 156 Å². The van der Waals surface area contributed by atoms with Crippen LogP contribution in [0.3, 0.4) is 0 Å². The second-order valence-corrected chi connectivity index (χ2v) is 28.9. The first-order valence-electron chi connectivity index (χ1n) is 35.4. The number of rotatable bonds is 41. The van der Waals surface area contributed by atoms with Crippen LogP contribution in [0, 0.1) is 0 Å². The summed E-state index contributed by atoms with van der Waals surface area (Å²) < 4.78 is 244. The second kappa shape index (κ2) is 44.8. The Morgan fingerprint density at radius 1 is 0.212 bits per heavy atom. The molecule has 2 heterocycles. The van der Waals surface area contributed by atoms with E-state index in [1.54, 1.807) is 71.1 Å². The third kappa shape index (κ3) is 39.3. The first-order chi connectivity index (χ1) is 53.4. The van der Waals surface area contributed by atoms with Gasteiger partial charge in [0.05, 0.1) is 66.1 Å². The van der Waals surface area contributed by atoms with Crippen LogP contribution in [0.1, 0.15) is 55.6 Å². The number of aromatic nitrogens is 2. The summed E-state index contributed by atoms with van der Waals surface area (Å²) in [6.45, 7) is 6.18. The predicted molar refractivity (Wildman–Crippen MR) is 401 cm³/mol. The third-order valence-electron chi connectivity index (χ3n) is 15.9. The molecular weight excluding hydrogens is 1560 g/mol. The maximum atomic E-state index is 9.87. The van der Waals surface area contributed by atoms with Gasteiger partial charge in [-0.25, -0.2) is 9.13 Å². The van der Waals surface area contributed by atoms with Crippen LogP contribution in [-0.2, 0) is 93.6 Å². The normalized spacial score (nSPS) is 13.2. The van der Waals surface area contributed by atoms with Crippen LogP contribution in [0.2, 0.25) is 0 Å². The summed E-state index contributed by atoms with van der Waals surface area (Å²) in [5, 5.41) is 0. The zero-order valence-electron chi connectivity index (χ0n) is 65.6. The van der Waals surface area contributed by atoms with Gasteiger partial charge in [0.25, 0.3) is 0 Å². The van der Waals surface area contributed by atoms with Crippen molar-refractivity contribution in [2.75, 3.05) is 203 Å². The van der Waals surface area contributed by atoms with Gasteiger partial charge in [0.15, 0.2) is 24.8 Å². The van der Waals surface area contributed by atoms with Gasteiger partial charge in [-0.05, 0) is 71.8 Å². The topological polar surface area (TPSA) is 192 Å². The molecule has 0 radical (unpaired) electrons. The number of hydrogen-bond acceptors (Lipinski definition) is 20. The summed E-state index contributed by atoms with van der Waals surface area (Å²) in [6, 6.07) is 28.8. The number of aryl methyl sites for hydroxylation is 2. The van der Waals surface area contributed by atoms with Gasteiger partial charge < -0.3 is 94.7 Å². The van der Waals surface area contributed by atoms with Gasteiger partial charge in [0.1, 0.15) is 138 Å². The first kappa shape index (κ1) is 95.6. The number of nitrogens with zero attached hydrogens (tertiary/aromatic N) is 2. The zero-order chi connectivity index (χ0) is 83.2. The van der Waals surface area contributed by atoms with E-state index in [4.69, 9.17) is 94.7 Å². The Morgan fingerprint density at radius 3 is 0.416 bits per heavy atom. The molecule has 0 fully saturated rings. The van der Waals surface area contributed by atoms with Crippen molar-refractivity contribution in [3.8, 4) is 68.6 Å². The molecule has 0 saturated carbocycles. The van der Waals surface area contributed by atoms with Crippen LogP contribution in [0.25, 0.3) is 11.1 Å². The van der Waals surface area contributed by atoms with Crippen LogP contribution < -0.4 is 56.5 Å². The van der Waals surface area contributed by atoms with E-state index < -0.39 is 15.6 Å². The summed E-state index contributed by atoms with van der Waals surface area (Å²) in [4.78, 5) is 0. The van der Waals surface area contributed by atoms with Gasteiger partial charge in [-0.15, -0.1) is 0 Å². The van der Waals surface area contributed by atoms with Crippen molar-refractivity contribution in [2.45, 2.75) is 32.1 Å². The fraction of sp³-hybridized carbons (Fsp3) is 0.481. The van der Waals surface area contributed by atoms with Crippen molar-refractivity contribution < 1.29 is 154 Å². The van der Waals surface area contributed by atoms with Gasteiger partial charge in [-0.1, -0.05) is 0 Å². The number of hydrogen-bond donors (Lipinski definition) is 0. The fourth-order valence-electron chi connectivity index (χ4n) is 10.7. The van der Waals surface area contributed by atoms with E-state index in [0.717, 1.165) is 55.6 Å². The Balaban J connectivity index is 0.000000678. The molecule has 2 aromatic heterocycles. The molecule has 0 spiro atoms. The average molecular weight is 1670 g/mol. The number of methoxy groups -OCH3 is 10. The summed E-state index contributed by atoms with van der Waals surface area (Å²) >= 11 is 0. The molecule has 0 N–H and O–H groups in total. The molecule has 0 amide bonds. The SMILES string of the molecule is COCCOc1cc2c(OCCOC)cc1Cc1cc(OCCOC)c(cc1OCCOC)Cc1cc(OCCOC)c(cc1OCCOC)Cc1cc(OCCOC)c(cc1OCCOC)Cc1cc(OCCOC)c(cc1OCCOC)C2.C[n+]1ccc(-c2cc[n+](C)cc2)cc1.F[P-](F)(F)(F)(F)F.F[P-](F)(F)(F)(F)F. The molecule has 10 aliphatic carbocycles. The Labute approximate surface area is 650 Å². The monoisotopic (exact) mass is 1670 g/mol. The first-order valence-corrected chi connectivity index (χ1v) is 39.5. The van der Waals surface area contributed by atoms with Gasteiger partial charge in [-0.2, -0.15) is 0 Å². The molecule has 22 nitrogen and oxygen atoms in total. The van der Waals surface area contributed by atoms with Gasteiger partial charge in [0, 0.05) is 183 Å². The van der Waals surface area contributed by atoms with Crippen molar-refractivity contribution in [1.82, 2.24) is 0 Å². The number of halogens is 12. The molecule has 0 saturated heterocycles. The number of pyridine rings is 2. The minimum absolute atomic E-state index is 0.272. The number of benzene rings is 5. The van der Waals surface area contributed by atoms with Crippen molar-refractivity contribution in [2.24, 2.45) is 14.1 Å². The molecule has 7 aromatic rings. The molecule has 0 atom stereocenters. The number of ether oxygens (including phenoxy) is 20. The summed E-state index contributed by atoms with van der Waals surface area (Å²) in [7, 11) is -0.824. The Kier molecular flexibility index (Phi) is 37.9. The van der Waals surface area contributed by atoms with E-state index in [1.807, 2.05) is 83.9 Å². The van der Waals surface area contributed by atoms with Crippen molar-refractivity contribution in [3.63, 3.8) is 0 Å². The van der Waals surface area contributed by atoms with Crippen molar-refractivity contribution in [1.29, 1.82) is 0 Å². The average Bonchev–Trinajstić information content (AvgIpc) is 1.61. The molecular formula is C77H104F12N2O20P2. The van der Waals surface area contributed by atoms with Crippen LogP contribution >= 0.6 is 15.6 Å². The fourth-order valence-corrected chi connectivity index (χ4v) is 10.7. The molecule has 113 heavy (non-hydrogen) atoms. The van der Waals surface area contributed by atoms with Gasteiger partial charge in [-0.3, -0.25) is 0 Å². The van der Waals surface area contributed by atoms with Gasteiger partial charge in [0.2, 0.25) is 0 Å². The Bertz CT molecular complexity index is 3310. The van der Waals surface area contributed by atoms with E-state index in [2.05, 4.69) is 49.1 Å². The summed E-state index contributed by atoms with van der Waals surface area (Å²) in [6.07, 6.45) is 9.95. The molecule has 36 heteroatoms. The van der Waals surface area contributed by atoms with Crippen LogP contribution in [-0.4, -0.2) is 203 Å². The Morgan fingerprint density at radius 2 is 0.319 bits per heavy atom. The van der Waals surface area contributed by atoms with Crippen molar-refractivity contribution in [3.05, 3.63) is 165 Å². The Hall–Kier alpha value is -7.98. The summed E-state index contributed by atoms with van der Waals surface area (Å²) in [5.74, 6) is 6.18. The molecule has 636 valence electrons.